The highest BCUT2D eigenvalue weighted by atomic mass is 32.2. The van der Waals surface area contributed by atoms with Crippen molar-refractivity contribution in [2.24, 2.45) is 7.05 Å². The lowest BCUT2D eigenvalue weighted by molar-refractivity contribution is -0.119. The fourth-order valence-electron chi connectivity index (χ4n) is 3.22. The van der Waals surface area contributed by atoms with E-state index in [0.717, 1.165) is 22.5 Å². The number of nitrogens with one attached hydrogen (secondary N) is 1. The third-order valence-electron chi connectivity index (χ3n) is 4.67. The van der Waals surface area contributed by atoms with E-state index in [0.29, 0.717) is 6.42 Å². The van der Waals surface area contributed by atoms with Gasteiger partial charge >= 0.3 is 5.97 Å². The minimum Gasteiger partial charge on any atom is -0.464 e. The van der Waals surface area contributed by atoms with E-state index in [1.807, 2.05) is 0 Å². The number of methoxy groups -OCH3 is 1. The summed E-state index contributed by atoms with van der Waals surface area (Å²) >= 11 is 0. The van der Waals surface area contributed by atoms with Crippen molar-refractivity contribution in [1.82, 2.24) is 8.87 Å². The van der Waals surface area contributed by atoms with Crippen LogP contribution < -0.4 is 5.32 Å². The first kappa shape index (κ1) is 20.9. The number of sulfonamides is 1. The number of amides is 1. The van der Waals surface area contributed by atoms with Crippen LogP contribution in [0.2, 0.25) is 0 Å². The van der Waals surface area contributed by atoms with Gasteiger partial charge in [0.15, 0.2) is 0 Å². The molecular weight excluding hydrogens is 408 g/mol. The molecule has 1 fully saturated rings. The van der Waals surface area contributed by atoms with Crippen LogP contribution in [0.15, 0.2) is 35.4 Å². The van der Waals surface area contributed by atoms with E-state index in [2.05, 4.69) is 10.1 Å². The zero-order valence-electron chi connectivity index (χ0n) is 15.7. The van der Waals surface area contributed by atoms with E-state index in [-0.39, 0.29) is 29.2 Å². The molecule has 1 aliphatic rings. The Hall–Kier alpha value is -2.79. The van der Waals surface area contributed by atoms with Crippen LogP contribution in [0.3, 0.4) is 0 Å². The van der Waals surface area contributed by atoms with Gasteiger partial charge in [0.2, 0.25) is 15.9 Å². The van der Waals surface area contributed by atoms with E-state index in [9.17, 15) is 26.8 Å². The molecule has 1 saturated heterocycles. The molecule has 156 valence electrons. The smallest absolute Gasteiger partial charge is 0.354 e. The molecule has 29 heavy (non-hydrogen) atoms. The summed E-state index contributed by atoms with van der Waals surface area (Å²) in [6.45, 7) is 0.0779. The number of aromatic nitrogens is 1. The van der Waals surface area contributed by atoms with Crippen LogP contribution in [-0.4, -0.2) is 48.9 Å². The highest BCUT2D eigenvalue weighted by molar-refractivity contribution is 7.89. The third kappa shape index (κ3) is 4.01. The van der Waals surface area contributed by atoms with Gasteiger partial charge in [-0.3, -0.25) is 4.79 Å². The Bertz CT molecular complexity index is 1070. The van der Waals surface area contributed by atoms with Gasteiger partial charge in [0.25, 0.3) is 0 Å². The second kappa shape index (κ2) is 7.91. The molecule has 1 N–H and O–H groups in total. The SMILES string of the molecule is COC(=O)c1cc(S(=O)(=O)N2CCCC2C(=O)Nc2cc(F)ccc2F)cn1C. The van der Waals surface area contributed by atoms with Crippen LogP contribution in [0.5, 0.6) is 0 Å². The molecule has 1 amide bonds. The number of rotatable bonds is 5. The highest BCUT2D eigenvalue weighted by Gasteiger charge is 2.40. The molecule has 0 aliphatic carbocycles. The topological polar surface area (TPSA) is 97.7 Å². The summed E-state index contributed by atoms with van der Waals surface area (Å²) in [6, 6.07) is 2.67. The normalized spacial score (nSPS) is 17.3. The number of aryl methyl sites for hydroxylation is 1. The van der Waals surface area contributed by atoms with Gasteiger partial charge in [-0.15, -0.1) is 0 Å². The van der Waals surface area contributed by atoms with Crippen molar-refractivity contribution in [1.29, 1.82) is 0 Å². The van der Waals surface area contributed by atoms with Crippen molar-refractivity contribution in [3.8, 4) is 0 Å². The van der Waals surface area contributed by atoms with Crippen LogP contribution in [-0.2, 0) is 26.6 Å². The molecule has 0 spiro atoms. The van der Waals surface area contributed by atoms with Crippen molar-refractivity contribution in [3.05, 3.63) is 47.8 Å². The summed E-state index contributed by atoms with van der Waals surface area (Å²) in [4.78, 5) is 24.2. The van der Waals surface area contributed by atoms with E-state index in [1.54, 1.807) is 0 Å². The van der Waals surface area contributed by atoms with Crippen molar-refractivity contribution in [2.45, 2.75) is 23.8 Å². The van der Waals surface area contributed by atoms with Crippen molar-refractivity contribution in [2.75, 3.05) is 19.0 Å². The molecule has 8 nitrogen and oxygen atoms in total. The third-order valence-corrected chi connectivity index (χ3v) is 6.55. The highest BCUT2D eigenvalue weighted by Crippen LogP contribution is 2.28. The molecule has 2 aromatic rings. The Morgan fingerprint density at radius 1 is 1.24 bits per heavy atom. The Kier molecular flexibility index (Phi) is 5.71. The van der Waals surface area contributed by atoms with Gasteiger partial charge in [-0.1, -0.05) is 0 Å². The summed E-state index contributed by atoms with van der Waals surface area (Å²) in [5.41, 5.74) is -0.333. The van der Waals surface area contributed by atoms with Crippen molar-refractivity contribution in [3.63, 3.8) is 0 Å². The van der Waals surface area contributed by atoms with Gasteiger partial charge < -0.3 is 14.6 Å². The summed E-state index contributed by atoms with van der Waals surface area (Å²) < 4.78 is 60.2. The van der Waals surface area contributed by atoms with Crippen molar-refractivity contribution < 1.29 is 31.5 Å². The zero-order valence-corrected chi connectivity index (χ0v) is 16.5. The van der Waals surface area contributed by atoms with Gasteiger partial charge in [0.1, 0.15) is 28.3 Å². The van der Waals surface area contributed by atoms with Gasteiger partial charge in [-0.05, 0) is 31.0 Å². The number of carbonyl (C=O) groups excluding carboxylic acids is 2. The number of ether oxygens (including phenoxy) is 1. The average molecular weight is 427 g/mol. The summed E-state index contributed by atoms with van der Waals surface area (Å²) in [5.74, 6) is -3.04. The second-order valence-corrected chi connectivity index (χ2v) is 8.44. The van der Waals surface area contributed by atoms with Gasteiger partial charge in [0.05, 0.1) is 12.8 Å². The number of carbonyl (C=O) groups is 2. The standard InChI is InChI=1S/C18H19F2N3O5S/c1-22-10-12(9-16(22)18(25)28-2)29(26,27)23-7-3-4-15(23)17(24)21-14-8-11(19)5-6-13(14)20/h5-6,8-10,15H,3-4,7H2,1-2H3,(H,21,24). The molecule has 0 saturated carbocycles. The summed E-state index contributed by atoms with van der Waals surface area (Å²) in [5, 5.41) is 2.25. The number of esters is 1. The van der Waals surface area contributed by atoms with E-state index < -0.39 is 39.6 Å². The van der Waals surface area contributed by atoms with Crippen LogP contribution >= 0.6 is 0 Å². The number of benzene rings is 1. The maximum atomic E-state index is 13.8. The molecule has 11 heteroatoms. The molecular formula is C18H19F2N3O5S. The van der Waals surface area contributed by atoms with Crippen LogP contribution in [0.25, 0.3) is 0 Å². The molecule has 2 heterocycles. The van der Waals surface area contributed by atoms with Gasteiger partial charge in [0, 0.05) is 25.9 Å². The first-order valence-electron chi connectivity index (χ1n) is 8.67. The Labute approximate surface area is 166 Å². The lowest BCUT2D eigenvalue weighted by Gasteiger charge is -2.23. The molecule has 3 rings (SSSR count). The first-order valence-corrected chi connectivity index (χ1v) is 10.1. The molecule has 0 bridgehead atoms. The van der Waals surface area contributed by atoms with Crippen molar-refractivity contribution >= 4 is 27.6 Å². The maximum Gasteiger partial charge on any atom is 0.354 e. The number of hydrogen-bond acceptors (Lipinski definition) is 5. The summed E-state index contributed by atoms with van der Waals surface area (Å²) in [6.07, 6.45) is 1.89. The Morgan fingerprint density at radius 2 is 1.97 bits per heavy atom. The number of anilines is 1. The Balaban J connectivity index is 1.87. The minimum atomic E-state index is -4.11. The second-order valence-electron chi connectivity index (χ2n) is 6.55. The number of hydrogen-bond donors (Lipinski definition) is 1. The number of nitrogens with zero attached hydrogens (tertiary/aromatic N) is 2. The van der Waals surface area contributed by atoms with Crippen LogP contribution in [0.1, 0.15) is 23.3 Å². The summed E-state index contributed by atoms with van der Waals surface area (Å²) in [7, 11) is -1.44. The van der Waals surface area contributed by atoms with Crippen LogP contribution in [0, 0.1) is 11.6 Å². The van der Waals surface area contributed by atoms with E-state index >= 15 is 0 Å². The zero-order chi connectivity index (χ0) is 21.3. The van der Waals surface area contributed by atoms with Gasteiger partial charge in [-0.2, -0.15) is 4.31 Å². The minimum absolute atomic E-state index is 0.0353. The quantitative estimate of drug-likeness (QED) is 0.735. The van der Waals surface area contributed by atoms with Gasteiger partial charge in [-0.25, -0.2) is 22.0 Å². The maximum absolute atomic E-state index is 13.8. The average Bonchev–Trinajstić information content (AvgIpc) is 3.31. The molecule has 1 aromatic heterocycles. The molecule has 1 aliphatic heterocycles. The van der Waals surface area contributed by atoms with Crippen LogP contribution in [0.4, 0.5) is 14.5 Å². The first-order chi connectivity index (χ1) is 13.6. The lowest BCUT2D eigenvalue weighted by atomic mass is 10.2. The molecule has 1 atom stereocenters. The lowest BCUT2D eigenvalue weighted by Crippen LogP contribution is -2.43. The molecule has 1 unspecified atom stereocenters. The fourth-order valence-corrected chi connectivity index (χ4v) is 4.95. The predicted molar refractivity (Wildman–Crippen MR) is 98.7 cm³/mol. The predicted octanol–water partition coefficient (Wildman–Crippen LogP) is 1.88. The van der Waals surface area contributed by atoms with E-state index in [4.69, 9.17) is 0 Å². The molecule has 1 aromatic carbocycles. The molecule has 0 radical (unpaired) electrons. The largest absolute Gasteiger partial charge is 0.464 e. The Morgan fingerprint density at radius 3 is 2.66 bits per heavy atom. The van der Waals surface area contributed by atoms with E-state index in [1.165, 1.54) is 31.0 Å². The number of halogens is 2. The monoisotopic (exact) mass is 427 g/mol. The fraction of sp³-hybridized carbons (Fsp3) is 0.333.